The molecular formula is C11H11NO3. The molecule has 0 saturated heterocycles. The van der Waals surface area contributed by atoms with Gasteiger partial charge in [0.1, 0.15) is 5.75 Å². The maximum absolute atomic E-state index is 11.1. The molecule has 0 saturated carbocycles. The van der Waals surface area contributed by atoms with E-state index in [0.29, 0.717) is 12.3 Å². The normalized spacial score (nSPS) is 12.9. The lowest BCUT2D eigenvalue weighted by atomic mass is 10.1. The Kier molecular flexibility index (Phi) is 2.41. The van der Waals surface area contributed by atoms with Gasteiger partial charge in [-0.3, -0.25) is 9.59 Å². The number of anilines is 1. The molecule has 0 radical (unpaired) electrons. The number of ketones is 1. The molecule has 78 valence electrons. The van der Waals surface area contributed by atoms with E-state index in [1.54, 1.807) is 12.1 Å². The Balaban J connectivity index is 2.17. The average Bonchev–Trinajstić information content (AvgIpc) is 2.64. The zero-order valence-corrected chi connectivity index (χ0v) is 8.37. The summed E-state index contributed by atoms with van der Waals surface area (Å²) in [5, 5.41) is 2.53. The van der Waals surface area contributed by atoms with Gasteiger partial charge in [-0.15, -0.1) is 0 Å². The van der Waals surface area contributed by atoms with Crippen LogP contribution in [0.3, 0.4) is 0 Å². The minimum atomic E-state index is -0.589. The third-order valence-corrected chi connectivity index (χ3v) is 2.27. The van der Waals surface area contributed by atoms with E-state index in [1.165, 1.54) is 6.92 Å². The smallest absolute Gasteiger partial charge is 0.291 e. The summed E-state index contributed by atoms with van der Waals surface area (Å²) in [6.07, 6.45) is 0.846. The first-order valence-corrected chi connectivity index (χ1v) is 4.74. The fourth-order valence-electron chi connectivity index (χ4n) is 1.48. The summed E-state index contributed by atoms with van der Waals surface area (Å²) in [6.45, 7) is 1.92. The van der Waals surface area contributed by atoms with Crippen molar-refractivity contribution in [2.24, 2.45) is 0 Å². The Morgan fingerprint density at radius 3 is 2.93 bits per heavy atom. The molecule has 0 bridgehead atoms. The Morgan fingerprint density at radius 2 is 2.20 bits per heavy atom. The number of hydrogen-bond donors (Lipinski definition) is 1. The maximum atomic E-state index is 11.1. The summed E-state index contributed by atoms with van der Waals surface area (Å²) in [5.41, 5.74) is 1.70. The number of nitrogens with one attached hydrogen (secondary N) is 1. The predicted octanol–water partition coefficient (Wildman–Crippen LogP) is 1.15. The van der Waals surface area contributed by atoms with Crippen molar-refractivity contribution in [2.75, 3.05) is 11.9 Å². The number of ether oxygens (including phenoxy) is 1. The van der Waals surface area contributed by atoms with Crippen molar-refractivity contribution in [1.29, 1.82) is 0 Å². The fraction of sp³-hybridized carbons (Fsp3) is 0.273. The molecule has 1 aliphatic heterocycles. The van der Waals surface area contributed by atoms with Crippen LogP contribution in [-0.2, 0) is 16.0 Å². The molecular weight excluding hydrogens is 194 g/mol. The van der Waals surface area contributed by atoms with E-state index in [-0.39, 0.29) is 0 Å². The van der Waals surface area contributed by atoms with Gasteiger partial charge in [-0.1, -0.05) is 0 Å². The van der Waals surface area contributed by atoms with Crippen LogP contribution < -0.4 is 10.1 Å². The molecule has 1 aromatic carbocycles. The summed E-state index contributed by atoms with van der Waals surface area (Å²) in [6, 6.07) is 5.37. The van der Waals surface area contributed by atoms with Gasteiger partial charge in [-0.05, 0) is 23.8 Å². The molecule has 0 aromatic heterocycles. The van der Waals surface area contributed by atoms with Gasteiger partial charge < -0.3 is 10.1 Å². The third-order valence-electron chi connectivity index (χ3n) is 2.27. The minimum Gasteiger partial charge on any atom is -0.493 e. The van der Waals surface area contributed by atoms with E-state index in [1.807, 2.05) is 6.07 Å². The van der Waals surface area contributed by atoms with Crippen molar-refractivity contribution >= 4 is 17.4 Å². The van der Waals surface area contributed by atoms with E-state index in [9.17, 15) is 9.59 Å². The van der Waals surface area contributed by atoms with Gasteiger partial charge in [0.15, 0.2) is 0 Å². The van der Waals surface area contributed by atoms with Crippen LogP contribution in [0.4, 0.5) is 5.69 Å². The van der Waals surface area contributed by atoms with Gasteiger partial charge in [0.05, 0.1) is 6.61 Å². The third kappa shape index (κ3) is 1.98. The lowest BCUT2D eigenvalue weighted by Gasteiger charge is -2.04. The monoisotopic (exact) mass is 205 g/mol. The molecule has 0 atom stereocenters. The average molecular weight is 205 g/mol. The topological polar surface area (TPSA) is 55.4 Å². The number of carbonyl (C=O) groups is 2. The van der Waals surface area contributed by atoms with Crippen molar-refractivity contribution in [1.82, 2.24) is 0 Å². The second kappa shape index (κ2) is 3.73. The quantitative estimate of drug-likeness (QED) is 0.737. The number of hydrogen-bond acceptors (Lipinski definition) is 3. The Bertz CT molecular complexity index is 426. The van der Waals surface area contributed by atoms with E-state index >= 15 is 0 Å². The Labute approximate surface area is 87.2 Å². The standard InChI is InChI=1S/C11H11NO3/c1-7(13)11(14)12-9-2-3-10-8(6-9)4-5-15-10/h2-3,6H,4-5H2,1H3,(H,12,14). The molecule has 0 aliphatic carbocycles. The second-order valence-corrected chi connectivity index (χ2v) is 3.43. The van der Waals surface area contributed by atoms with Crippen molar-refractivity contribution in [3.05, 3.63) is 23.8 Å². The highest BCUT2D eigenvalue weighted by Gasteiger charge is 2.13. The minimum absolute atomic E-state index is 0.494. The van der Waals surface area contributed by atoms with E-state index in [2.05, 4.69) is 5.32 Å². The number of carbonyl (C=O) groups excluding carboxylic acids is 2. The summed E-state index contributed by atoms with van der Waals surface area (Å²) in [5.74, 6) is -0.226. The zero-order chi connectivity index (χ0) is 10.8. The largest absolute Gasteiger partial charge is 0.493 e. The van der Waals surface area contributed by atoms with E-state index in [0.717, 1.165) is 17.7 Å². The lowest BCUT2D eigenvalue weighted by molar-refractivity contribution is -0.133. The first-order valence-electron chi connectivity index (χ1n) is 4.74. The number of benzene rings is 1. The molecule has 15 heavy (non-hydrogen) atoms. The van der Waals surface area contributed by atoms with Gasteiger partial charge in [-0.2, -0.15) is 0 Å². The molecule has 1 N–H and O–H groups in total. The van der Waals surface area contributed by atoms with E-state index < -0.39 is 11.7 Å². The number of Topliss-reactive ketones (excluding diaryl/α,β-unsaturated/α-hetero) is 1. The first-order chi connectivity index (χ1) is 7.16. The molecule has 1 amide bonds. The summed E-state index contributed by atoms with van der Waals surface area (Å²) in [7, 11) is 0. The summed E-state index contributed by atoms with van der Waals surface area (Å²) < 4.78 is 5.33. The highest BCUT2D eigenvalue weighted by molar-refractivity contribution is 6.39. The van der Waals surface area contributed by atoms with Crippen LogP contribution in [-0.4, -0.2) is 18.3 Å². The molecule has 4 nitrogen and oxygen atoms in total. The van der Waals surface area contributed by atoms with Crippen LogP contribution in [0.1, 0.15) is 12.5 Å². The zero-order valence-electron chi connectivity index (χ0n) is 8.37. The van der Waals surface area contributed by atoms with E-state index in [4.69, 9.17) is 4.74 Å². The maximum Gasteiger partial charge on any atom is 0.291 e. The Morgan fingerprint density at radius 1 is 1.40 bits per heavy atom. The van der Waals surface area contributed by atoms with Crippen molar-refractivity contribution < 1.29 is 14.3 Å². The Hall–Kier alpha value is -1.84. The predicted molar refractivity (Wildman–Crippen MR) is 55.0 cm³/mol. The van der Waals surface area contributed by atoms with Crippen LogP contribution in [0.25, 0.3) is 0 Å². The molecule has 0 spiro atoms. The van der Waals surface area contributed by atoms with Crippen LogP contribution in [0.2, 0.25) is 0 Å². The highest BCUT2D eigenvalue weighted by atomic mass is 16.5. The van der Waals surface area contributed by atoms with Crippen LogP contribution >= 0.6 is 0 Å². The highest BCUT2D eigenvalue weighted by Crippen LogP contribution is 2.27. The molecule has 1 aliphatic rings. The molecule has 1 heterocycles. The number of amides is 1. The van der Waals surface area contributed by atoms with Crippen LogP contribution in [0.15, 0.2) is 18.2 Å². The van der Waals surface area contributed by atoms with Gasteiger partial charge in [0.25, 0.3) is 5.91 Å². The van der Waals surface area contributed by atoms with Crippen LogP contribution in [0.5, 0.6) is 5.75 Å². The van der Waals surface area contributed by atoms with Gasteiger partial charge in [0.2, 0.25) is 5.78 Å². The fourth-order valence-corrected chi connectivity index (χ4v) is 1.48. The first kappa shape index (κ1) is 9.71. The van der Waals surface area contributed by atoms with Gasteiger partial charge in [-0.25, -0.2) is 0 Å². The van der Waals surface area contributed by atoms with Crippen LogP contribution in [0, 0.1) is 0 Å². The summed E-state index contributed by atoms with van der Waals surface area (Å²) in [4.78, 5) is 21.9. The summed E-state index contributed by atoms with van der Waals surface area (Å²) >= 11 is 0. The van der Waals surface area contributed by atoms with Crippen molar-refractivity contribution in [3.63, 3.8) is 0 Å². The molecule has 4 heteroatoms. The SMILES string of the molecule is CC(=O)C(=O)Nc1ccc2c(c1)CCO2. The second-order valence-electron chi connectivity index (χ2n) is 3.43. The number of rotatable bonds is 2. The molecule has 2 rings (SSSR count). The molecule has 1 aromatic rings. The molecule has 0 unspecified atom stereocenters. The van der Waals surface area contributed by atoms with Crippen molar-refractivity contribution in [2.45, 2.75) is 13.3 Å². The molecule has 0 fully saturated rings. The lowest BCUT2D eigenvalue weighted by Crippen LogP contribution is -2.19. The van der Waals surface area contributed by atoms with Gasteiger partial charge in [0, 0.05) is 19.0 Å². The van der Waals surface area contributed by atoms with Gasteiger partial charge >= 0.3 is 0 Å². The van der Waals surface area contributed by atoms with Crippen molar-refractivity contribution in [3.8, 4) is 5.75 Å². The number of fused-ring (bicyclic) bond motifs is 1.